The minimum atomic E-state index is -0.459. The molecule has 0 bridgehead atoms. The lowest BCUT2D eigenvalue weighted by atomic mass is 9.86. The molecule has 0 spiro atoms. The second-order valence-corrected chi connectivity index (χ2v) is 13.3. The van der Waals surface area contributed by atoms with Crippen LogP contribution in [0, 0.1) is 22.6 Å². The van der Waals surface area contributed by atoms with Gasteiger partial charge in [0.25, 0.3) is 0 Å². The van der Waals surface area contributed by atoms with E-state index in [-0.39, 0.29) is 40.9 Å². The van der Waals surface area contributed by atoms with Crippen LogP contribution < -0.4 is 14.5 Å². The van der Waals surface area contributed by atoms with E-state index < -0.39 is 5.82 Å². The van der Waals surface area contributed by atoms with Gasteiger partial charge in [-0.3, -0.25) is 4.79 Å². The molecule has 1 unspecified atom stereocenters. The van der Waals surface area contributed by atoms with Gasteiger partial charge in [0.15, 0.2) is 0 Å². The van der Waals surface area contributed by atoms with Crippen LogP contribution in [0.5, 0.6) is 6.01 Å². The van der Waals surface area contributed by atoms with E-state index in [1.165, 1.54) is 12.1 Å². The largest absolute Gasteiger partial charge is 0.463 e. The van der Waals surface area contributed by atoms with E-state index in [1.807, 2.05) is 32.3 Å². The van der Waals surface area contributed by atoms with Gasteiger partial charge in [0.05, 0.1) is 54.4 Å². The molecule has 2 fully saturated rings. The summed E-state index contributed by atoms with van der Waals surface area (Å²) in [6.07, 6.45) is 2.12. The number of rotatable bonds is 9. The van der Waals surface area contributed by atoms with Crippen molar-refractivity contribution < 1.29 is 18.7 Å². The van der Waals surface area contributed by atoms with Crippen molar-refractivity contribution in [1.82, 2.24) is 19.8 Å². The molecule has 4 heterocycles. The zero-order valence-corrected chi connectivity index (χ0v) is 27.3. The predicted molar refractivity (Wildman–Crippen MR) is 176 cm³/mol. The second kappa shape index (κ2) is 13.0. The zero-order chi connectivity index (χ0) is 32.6. The Balaban J connectivity index is 1.38. The van der Waals surface area contributed by atoms with Crippen LogP contribution in [0.15, 0.2) is 43.0 Å². The molecular weight excluding hydrogens is 609 g/mol. The molecule has 2 aromatic carbocycles. The number of anilines is 2. The molecule has 0 saturated carbocycles. The summed E-state index contributed by atoms with van der Waals surface area (Å²) in [5.41, 5.74) is 2.50. The van der Waals surface area contributed by atoms with Crippen LogP contribution in [0.1, 0.15) is 24.6 Å². The number of ether oxygens (including phenoxy) is 2. The molecule has 6 rings (SSSR count). The lowest BCUT2D eigenvalue weighted by Gasteiger charge is -2.43. The molecular formula is C34H39ClFN7O3. The van der Waals surface area contributed by atoms with Gasteiger partial charge in [-0.15, -0.1) is 0 Å². The first kappa shape index (κ1) is 32.0. The first-order chi connectivity index (χ1) is 22.1. The third-order valence-electron chi connectivity index (χ3n) is 9.17. The monoisotopic (exact) mass is 647 g/mol. The molecule has 46 heavy (non-hydrogen) atoms. The standard InChI is InChI=1S/C34H39ClFN7O3/c1-5-29(44)42-14-13-41(16-24(42)11-12-37)32-25-15-22(2)43(28-8-6-7-23-9-10-26(36)31(35)30(23)28)17-27(25)38-33(39-32)46-21-34(18-40(3)4)19-45-20-34/h5-10,22,24H,1,11,13-21H2,2-4H3/t22-,24?/m1/s1. The van der Waals surface area contributed by atoms with Crippen molar-refractivity contribution >= 4 is 39.8 Å². The third kappa shape index (κ3) is 6.09. The van der Waals surface area contributed by atoms with Crippen molar-refractivity contribution in [3.63, 3.8) is 0 Å². The number of hydrogen-bond acceptors (Lipinski definition) is 9. The highest BCUT2D eigenvalue weighted by atomic mass is 35.5. The number of benzene rings is 2. The molecule has 0 N–H and O–H groups in total. The van der Waals surface area contributed by atoms with Gasteiger partial charge in [0.1, 0.15) is 18.2 Å². The van der Waals surface area contributed by atoms with Gasteiger partial charge in [0, 0.05) is 48.9 Å². The second-order valence-electron chi connectivity index (χ2n) is 12.9. The number of aromatic nitrogens is 2. The van der Waals surface area contributed by atoms with Gasteiger partial charge in [-0.2, -0.15) is 15.2 Å². The maximum Gasteiger partial charge on any atom is 0.318 e. The summed E-state index contributed by atoms with van der Waals surface area (Å²) in [5.74, 6) is 0.116. The molecule has 0 radical (unpaired) electrons. The summed E-state index contributed by atoms with van der Waals surface area (Å²) in [6, 6.07) is 11.2. The number of carbonyl (C=O) groups is 1. The Labute approximate surface area is 273 Å². The number of nitrogens with zero attached hydrogens (tertiary/aromatic N) is 7. The zero-order valence-electron chi connectivity index (χ0n) is 26.5. The maximum atomic E-state index is 14.7. The van der Waals surface area contributed by atoms with Crippen molar-refractivity contribution in [3.8, 4) is 12.1 Å². The Kier molecular flexibility index (Phi) is 9.06. The van der Waals surface area contributed by atoms with Gasteiger partial charge < -0.3 is 29.1 Å². The quantitative estimate of drug-likeness (QED) is 0.312. The Morgan fingerprint density at radius 2 is 2.09 bits per heavy atom. The summed E-state index contributed by atoms with van der Waals surface area (Å²) < 4.78 is 26.6. The summed E-state index contributed by atoms with van der Waals surface area (Å²) in [5, 5.41) is 11.2. The predicted octanol–water partition coefficient (Wildman–Crippen LogP) is 4.45. The first-order valence-corrected chi connectivity index (χ1v) is 15.9. The average molecular weight is 648 g/mol. The molecule has 2 saturated heterocycles. The van der Waals surface area contributed by atoms with Crippen LogP contribution in [0.4, 0.5) is 15.9 Å². The van der Waals surface area contributed by atoms with Gasteiger partial charge in [-0.05, 0) is 51.0 Å². The number of fused-ring (bicyclic) bond motifs is 2. The minimum Gasteiger partial charge on any atom is -0.463 e. The SMILES string of the molecule is C=CC(=O)N1CCN(c2nc(OCC3(CN(C)C)COC3)nc3c2C[C@@H](C)N(c2cccc4ccc(F)c(Cl)c24)C3)CC1CC#N. The van der Waals surface area contributed by atoms with Gasteiger partial charge in [-0.1, -0.05) is 36.4 Å². The van der Waals surface area contributed by atoms with Crippen molar-refractivity contribution in [2.24, 2.45) is 5.41 Å². The molecule has 3 aromatic rings. The number of halogens is 2. The van der Waals surface area contributed by atoms with Gasteiger partial charge >= 0.3 is 6.01 Å². The van der Waals surface area contributed by atoms with Gasteiger partial charge in [-0.25, -0.2) is 4.39 Å². The van der Waals surface area contributed by atoms with E-state index in [4.69, 9.17) is 31.0 Å². The van der Waals surface area contributed by atoms with Crippen molar-refractivity contribution in [3.05, 3.63) is 65.1 Å². The Hall–Kier alpha value is -3.98. The number of hydrogen-bond donors (Lipinski definition) is 0. The fourth-order valence-electron chi connectivity index (χ4n) is 6.97. The highest BCUT2D eigenvalue weighted by molar-refractivity contribution is 6.36. The van der Waals surface area contributed by atoms with Crippen LogP contribution in [-0.2, 0) is 22.5 Å². The topological polar surface area (TPSA) is 98.1 Å². The fraction of sp³-hybridized carbons (Fsp3) is 0.471. The highest BCUT2D eigenvalue weighted by Gasteiger charge is 2.41. The Bertz CT molecular complexity index is 1690. The van der Waals surface area contributed by atoms with E-state index >= 15 is 0 Å². The third-order valence-corrected chi connectivity index (χ3v) is 9.54. The smallest absolute Gasteiger partial charge is 0.318 e. The number of carbonyl (C=O) groups excluding carboxylic acids is 1. The highest BCUT2D eigenvalue weighted by Crippen LogP contribution is 2.40. The molecule has 1 aromatic heterocycles. The van der Waals surface area contributed by atoms with E-state index in [9.17, 15) is 14.4 Å². The minimum absolute atomic E-state index is 0.0144. The molecule has 3 aliphatic heterocycles. The van der Waals surface area contributed by atoms with Crippen LogP contribution in [-0.4, -0.2) is 97.9 Å². The van der Waals surface area contributed by atoms with Crippen LogP contribution in [0.25, 0.3) is 10.8 Å². The van der Waals surface area contributed by atoms with E-state index in [0.717, 1.165) is 34.7 Å². The molecule has 3 aliphatic rings. The summed E-state index contributed by atoms with van der Waals surface area (Å²) in [4.78, 5) is 30.8. The Morgan fingerprint density at radius 1 is 1.28 bits per heavy atom. The van der Waals surface area contributed by atoms with Crippen LogP contribution in [0.2, 0.25) is 5.02 Å². The number of amides is 1. The van der Waals surface area contributed by atoms with E-state index in [2.05, 4.69) is 34.3 Å². The lowest BCUT2D eigenvalue weighted by molar-refractivity contribution is -0.140. The van der Waals surface area contributed by atoms with Crippen molar-refractivity contribution in [2.75, 3.05) is 69.9 Å². The Morgan fingerprint density at radius 3 is 2.78 bits per heavy atom. The van der Waals surface area contributed by atoms with Crippen LogP contribution in [0.3, 0.4) is 0 Å². The summed E-state index contributed by atoms with van der Waals surface area (Å²) in [7, 11) is 4.06. The van der Waals surface area contributed by atoms with Crippen molar-refractivity contribution in [2.45, 2.75) is 38.4 Å². The normalized spacial score (nSPS) is 20.7. The molecule has 12 heteroatoms. The molecule has 0 aliphatic carbocycles. The molecule has 242 valence electrons. The van der Waals surface area contributed by atoms with Gasteiger partial charge in [0.2, 0.25) is 5.91 Å². The van der Waals surface area contributed by atoms with E-state index in [0.29, 0.717) is 57.8 Å². The fourth-order valence-corrected chi connectivity index (χ4v) is 7.24. The molecule has 1 amide bonds. The number of nitriles is 1. The molecule has 2 atom stereocenters. The first-order valence-electron chi connectivity index (χ1n) is 15.6. The molecule has 10 nitrogen and oxygen atoms in total. The van der Waals surface area contributed by atoms with Crippen LogP contribution >= 0.6 is 11.6 Å². The van der Waals surface area contributed by atoms with E-state index in [1.54, 1.807) is 11.0 Å². The average Bonchev–Trinajstić information content (AvgIpc) is 3.03. The lowest BCUT2D eigenvalue weighted by Crippen LogP contribution is -2.55. The maximum absolute atomic E-state index is 14.7. The number of piperazine rings is 1. The summed E-state index contributed by atoms with van der Waals surface area (Å²) >= 11 is 6.55. The summed E-state index contributed by atoms with van der Waals surface area (Å²) in [6.45, 7) is 10.1. The van der Waals surface area contributed by atoms with Crippen molar-refractivity contribution in [1.29, 1.82) is 5.26 Å².